The summed E-state index contributed by atoms with van der Waals surface area (Å²) in [6, 6.07) is 8.24. The molecule has 1 saturated heterocycles. The molecule has 0 spiro atoms. The van der Waals surface area contributed by atoms with Gasteiger partial charge < -0.3 is 19.6 Å². The average Bonchev–Trinajstić information content (AvgIpc) is 3.54. The molecule has 2 aromatic heterocycles. The number of carbonyl (C=O) groups excluding carboxylic acids is 2. The van der Waals surface area contributed by atoms with Crippen LogP contribution in [0, 0.1) is 20.8 Å². The van der Waals surface area contributed by atoms with Gasteiger partial charge in [0.25, 0.3) is 11.8 Å². The highest BCUT2D eigenvalue weighted by Gasteiger charge is 2.54. The van der Waals surface area contributed by atoms with Crippen LogP contribution < -0.4 is 10.1 Å². The van der Waals surface area contributed by atoms with Gasteiger partial charge in [-0.1, -0.05) is 35.2 Å². The highest BCUT2D eigenvalue weighted by atomic mass is 32.2. The molecule has 10 nitrogen and oxygen atoms in total. The SMILES string of the molecule is Cc1ccc(C)c(OCc2ccc(C(=O)N[C@@H]3C(=O)N4C(C(=O)O)=C(CSc5nnc(C)s5)CS[C@H]34)o2)c1. The molecule has 2 atom stereocenters. The zero-order valence-electron chi connectivity index (χ0n) is 20.7. The number of fused-ring (bicyclic) bond motifs is 1. The normalized spacial score (nSPS) is 18.7. The van der Waals surface area contributed by atoms with Gasteiger partial charge in [-0.25, -0.2) is 4.79 Å². The van der Waals surface area contributed by atoms with Crippen LogP contribution in [0.15, 0.2) is 50.4 Å². The number of β-lactam (4-membered cyclic amide) rings is 1. The van der Waals surface area contributed by atoms with Gasteiger partial charge in [0.2, 0.25) is 0 Å². The van der Waals surface area contributed by atoms with Gasteiger partial charge in [0.15, 0.2) is 10.1 Å². The molecule has 0 bridgehead atoms. The van der Waals surface area contributed by atoms with E-state index in [1.165, 1.54) is 45.8 Å². The zero-order chi connectivity index (χ0) is 27.0. The minimum atomic E-state index is -1.17. The zero-order valence-corrected chi connectivity index (χ0v) is 23.2. The summed E-state index contributed by atoms with van der Waals surface area (Å²) in [6.45, 7) is 5.92. The highest BCUT2D eigenvalue weighted by molar-refractivity contribution is 8.01. The number of ether oxygens (including phenoxy) is 1. The predicted molar refractivity (Wildman–Crippen MR) is 143 cm³/mol. The fraction of sp³-hybridized carbons (Fsp3) is 0.320. The van der Waals surface area contributed by atoms with Crippen LogP contribution in [0.5, 0.6) is 5.75 Å². The molecule has 1 aromatic carbocycles. The second kappa shape index (κ2) is 10.8. The van der Waals surface area contributed by atoms with Crippen LogP contribution in [0.25, 0.3) is 0 Å². The maximum Gasteiger partial charge on any atom is 0.352 e. The minimum absolute atomic E-state index is 0.0261. The van der Waals surface area contributed by atoms with Crippen LogP contribution in [-0.4, -0.2) is 60.9 Å². The Bertz CT molecular complexity index is 1450. The molecule has 38 heavy (non-hydrogen) atoms. The number of thioether (sulfide) groups is 2. The fourth-order valence-electron chi connectivity index (χ4n) is 4.08. The smallest absolute Gasteiger partial charge is 0.352 e. The number of aryl methyl sites for hydroxylation is 3. The van der Waals surface area contributed by atoms with E-state index in [2.05, 4.69) is 15.5 Å². The van der Waals surface area contributed by atoms with Crippen LogP contribution in [0.1, 0.15) is 32.4 Å². The summed E-state index contributed by atoms with van der Waals surface area (Å²) in [6.07, 6.45) is 0. The molecule has 2 aliphatic heterocycles. The summed E-state index contributed by atoms with van der Waals surface area (Å²) in [7, 11) is 0. The number of hydrogen-bond acceptors (Lipinski definition) is 10. The summed E-state index contributed by atoms with van der Waals surface area (Å²) in [5.74, 6) is -0.118. The Kier molecular flexibility index (Phi) is 7.50. The first-order valence-corrected chi connectivity index (χ1v) is 14.5. The number of carboxylic acid groups (broad SMARTS) is 1. The molecular formula is C25H24N4O6S3. The van der Waals surface area contributed by atoms with Crippen molar-refractivity contribution >= 4 is 52.6 Å². The Balaban J connectivity index is 1.21. The first-order chi connectivity index (χ1) is 18.2. The number of carbonyl (C=O) groups is 3. The Morgan fingerprint density at radius 1 is 1.24 bits per heavy atom. The molecule has 198 valence electrons. The molecule has 2 amide bonds. The third-order valence-corrected chi connectivity index (χ3v) is 9.41. The molecule has 0 aliphatic carbocycles. The number of rotatable bonds is 9. The van der Waals surface area contributed by atoms with Crippen molar-refractivity contribution in [2.45, 2.75) is 43.1 Å². The number of nitrogens with zero attached hydrogens (tertiary/aromatic N) is 3. The number of nitrogens with one attached hydrogen (secondary N) is 1. The number of furan rings is 1. The third kappa shape index (κ3) is 5.31. The number of aliphatic carboxylic acids is 1. The van der Waals surface area contributed by atoms with Crippen molar-refractivity contribution in [2.24, 2.45) is 0 Å². The van der Waals surface area contributed by atoms with Crippen molar-refractivity contribution < 1.29 is 28.6 Å². The van der Waals surface area contributed by atoms with Gasteiger partial charge in [-0.05, 0) is 55.7 Å². The third-order valence-electron chi connectivity index (χ3n) is 6.01. The number of aromatic nitrogens is 2. The van der Waals surface area contributed by atoms with E-state index in [1.54, 1.807) is 6.07 Å². The molecule has 3 aromatic rings. The molecule has 0 saturated carbocycles. The number of hydrogen-bond donors (Lipinski definition) is 2. The lowest BCUT2D eigenvalue weighted by Crippen LogP contribution is -2.70. The molecule has 4 heterocycles. The van der Waals surface area contributed by atoms with Gasteiger partial charge in [0.05, 0.1) is 0 Å². The van der Waals surface area contributed by atoms with E-state index in [0.29, 0.717) is 22.8 Å². The van der Waals surface area contributed by atoms with E-state index in [4.69, 9.17) is 9.15 Å². The monoisotopic (exact) mass is 572 g/mol. The predicted octanol–water partition coefficient (Wildman–Crippen LogP) is 3.78. The Morgan fingerprint density at radius 3 is 2.79 bits per heavy atom. The summed E-state index contributed by atoms with van der Waals surface area (Å²) in [5, 5.41) is 20.9. The standard InChI is InChI=1S/C25H24N4O6S3/c1-12-4-5-13(2)18(8-12)34-9-16-6-7-17(35-16)21(30)26-19-22(31)29-20(24(32)33)15(10-36-23(19)29)11-37-25-28-27-14(3)38-25/h4-8,19,23H,9-11H2,1-3H3,(H,26,30)(H,32,33)/t19-,23-/m1/s1. The Morgan fingerprint density at radius 2 is 2.05 bits per heavy atom. The van der Waals surface area contributed by atoms with Crippen LogP contribution in [0.2, 0.25) is 0 Å². The number of benzene rings is 1. The molecule has 2 N–H and O–H groups in total. The maximum atomic E-state index is 12.9. The van der Waals surface area contributed by atoms with Crippen LogP contribution in [0.4, 0.5) is 0 Å². The molecule has 13 heteroatoms. The van der Waals surface area contributed by atoms with Crippen molar-refractivity contribution in [3.63, 3.8) is 0 Å². The maximum absolute atomic E-state index is 12.9. The lowest BCUT2D eigenvalue weighted by atomic mass is 10.0. The lowest BCUT2D eigenvalue weighted by Gasteiger charge is -2.49. The fourth-order valence-corrected chi connectivity index (χ4v) is 7.38. The molecule has 0 radical (unpaired) electrons. The highest BCUT2D eigenvalue weighted by Crippen LogP contribution is 2.42. The average molecular weight is 573 g/mol. The van der Waals surface area contributed by atoms with E-state index in [-0.39, 0.29) is 18.1 Å². The van der Waals surface area contributed by atoms with Gasteiger partial charge in [-0.15, -0.1) is 22.0 Å². The topological polar surface area (TPSA) is 135 Å². The lowest BCUT2D eigenvalue weighted by molar-refractivity contribution is -0.148. The van der Waals surface area contributed by atoms with Crippen LogP contribution in [-0.2, 0) is 16.2 Å². The van der Waals surface area contributed by atoms with E-state index in [0.717, 1.165) is 26.2 Å². The van der Waals surface area contributed by atoms with Gasteiger partial charge in [0, 0.05) is 11.5 Å². The minimum Gasteiger partial charge on any atom is -0.485 e. The van der Waals surface area contributed by atoms with Crippen molar-refractivity contribution in [2.75, 3.05) is 11.5 Å². The second-order valence-electron chi connectivity index (χ2n) is 8.82. The number of carboxylic acids is 1. The van der Waals surface area contributed by atoms with E-state index in [1.807, 2.05) is 39.0 Å². The van der Waals surface area contributed by atoms with Crippen LogP contribution >= 0.6 is 34.9 Å². The first kappa shape index (κ1) is 26.3. The quantitative estimate of drug-likeness (QED) is 0.288. The van der Waals surface area contributed by atoms with E-state index < -0.39 is 29.2 Å². The second-order valence-corrected chi connectivity index (χ2v) is 12.3. The Hall–Kier alpha value is -3.29. The summed E-state index contributed by atoms with van der Waals surface area (Å²) < 4.78 is 12.2. The molecular weight excluding hydrogens is 548 g/mol. The van der Waals surface area contributed by atoms with E-state index >= 15 is 0 Å². The summed E-state index contributed by atoms with van der Waals surface area (Å²) in [4.78, 5) is 39.1. The summed E-state index contributed by atoms with van der Waals surface area (Å²) >= 11 is 4.24. The molecule has 2 aliphatic rings. The first-order valence-electron chi connectivity index (χ1n) is 11.6. The van der Waals surface area contributed by atoms with Crippen molar-refractivity contribution in [3.8, 4) is 5.75 Å². The summed E-state index contributed by atoms with van der Waals surface area (Å²) in [5.41, 5.74) is 2.67. The van der Waals surface area contributed by atoms with Gasteiger partial charge in [-0.3, -0.25) is 14.5 Å². The molecule has 1 fully saturated rings. The van der Waals surface area contributed by atoms with E-state index in [9.17, 15) is 19.5 Å². The molecule has 5 rings (SSSR count). The largest absolute Gasteiger partial charge is 0.485 e. The van der Waals surface area contributed by atoms with Crippen molar-refractivity contribution in [1.29, 1.82) is 0 Å². The van der Waals surface area contributed by atoms with Crippen molar-refractivity contribution in [3.05, 3.63) is 69.3 Å². The Labute approximate surface area is 230 Å². The number of amides is 2. The van der Waals surface area contributed by atoms with Gasteiger partial charge in [0.1, 0.15) is 40.2 Å². The molecule has 0 unspecified atom stereocenters. The van der Waals surface area contributed by atoms with Gasteiger partial charge >= 0.3 is 5.97 Å². The van der Waals surface area contributed by atoms with Crippen molar-refractivity contribution in [1.82, 2.24) is 20.4 Å². The van der Waals surface area contributed by atoms with Crippen LogP contribution in [0.3, 0.4) is 0 Å². The van der Waals surface area contributed by atoms with Gasteiger partial charge in [-0.2, -0.15) is 0 Å².